The van der Waals surface area contributed by atoms with Gasteiger partial charge in [0, 0.05) is 22.8 Å². The van der Waals surface area contributed by atoms with E-state index < -0.39 is 0 Å². The molecule has 1 N–H and O–H groups in total. The molecule has 0 aliphatic rings. The van der Waals surface area contributed by atoms with E-state index in [0.717, 1.165) is 22.0 Å². The number of nitrogens with zero attached hydrogens (tertiary/aromatic N) is 3. The van der Waals surface area contributed by atoms with Crippen LogP contribution >= 0.6 is 11.3 Å². The molecule has 0 saturated heterocycles. The van der Waals surface area contributed by atoms with Crippen LogP contribution in [0.4, 0.5) is 5.69 Å². The van der Waals surface area contributed by atoms with E-state index >= 15 is 0 Å². The Morgan fingerprint density at radius 1 is 1.32 bits per heavy atom. The van der Waals surface area contributed by atoms with E-state index in [1.807, 2.05) is 48.7 Å². The quantitative estimate of drug-likeness (QED) is 0.863. The minimum absolute atomic E-state index is 0.0317. The van der Waals surface area contributed by atoms with Crippen LogP contribution in [0, 0.1) is 29.6 Å². The molecule has 1 aromatic carbocycles. The summed E-state index contributed by atoms with van der Waals surface area (Å²) in [4.78, 5) is 4.44. The van der Waals surface area contributed by atoms with Crippen LogP contribution in [0.15, 0.2) is 41.4 Å². The summed E-state index contributed by atoms with van der Waals surface area (Å²) in [6.07, 6.45) is 1.40. The van der Waals surface area contributed by atoms with Gasteiger partial charge < -0.3 is 5.32 Å². The first-order chi connectivity index (χ1) is 9.24. The van der Waals surface area contributed by atoms with Crippen LogP contribution in [-0.4, -0.2) is 4.98 Å². The Morgan fingerprint density at radius 3 is 2.68 bits per heavy atom. The average Bonchev–Trinajstić information content (AvgIpc) is 2.87. The van der Waals surface area contributed by atoms with Crippen molar-refractivity contribution in [3.05, 3.63) is 46.4 Å². The van der Waals surface area contributed by atoms with Gasteiger partial charge in [0.1, 0.15) is 17.7 Å². The molecule has 0 bridgehead atoms. The number of nitriles is 2. The summed E-state index contributed by atoms with van der Waals surface area (Å²) in [5.74, 6) is 0. The second-order valence-electron chi connectivity index (χ2n) is 3.72. The van der Waals surface area contributed by atoms with Crippen molar-refractivity contribution in [2.75, 3.05) is 5.32 Å². The van der Waals surface area contributed by atoms with Crippen LogP contribution in [0.3, 0.4) is 0 Å². The van der Waals surface area contributed by atoms with Crippen molar-refractivity contribution in [1.29, 1.82) is 10.5 Å². The van der Waals surface area contributed by atoms with Crippen LogP contribution in [0.2, 0.25) is 0 Å². The number of para-hydroxylation sites is 1. The molecule has 0 fully saturated rings. The molecular weight excluding hydrogens is 256 g/mol. The van der Waals surface area contributed by atoms with E-state index in [1.165, 1.54) is 6.20 Å². The molecule has 1 aromatic heterocycles. The number of rotatable bonds is 3. The largest absolute Gasteiger partial charge is 0.359 e. The van der Waals surface area contributed by atoms with Crippen molar-refractivity contribution in [3.63, 3.8) is 0 Å². The van der Waals surface area contributed by atoms with Crippen LogP contribution in [-0.2, 0) is 0 Å². The monoisotopic (exact) mass is 266 g/mol. The first-order valence-electron chi connectivity index (χ1n) is 5.53. The van der Waals surface area contributed by atoms with E-state index in [4.69, 9.17) is 10.5 Å². The SMILES string of the molecule is Cc1nc(-c2ccccc2NC=C(C#N)C#N)cs1. The number of aryl methyl sites for hydroxylation is 1. The van der Waals surface area contributed by atoms with Crippen molar-refractivity contribution in [3.8, 4) is 23.4 Å². The third-order valence-corrected chi connectivity index (χ3v) is 3.21. The fourth-order valence-corrected chi connectivity index (χ4v) is 2.17. The van der Waals surface area contributed by atoms with Gasteiger partial charge in [0.2, 0.25) is 0 Å². The molecule has 0 unspecified atom stereocenters. The number of thiazole rings is 1. The Balaban J connectivity index is 2.36. The molecule has 0 amide bonds. The van der Waals surface area contributed by atoms with Gasteiger partial charge >= 0.3 is 0 Å². The highest BCUT2D eigenvalue weighted by Gasteiger charge is 2.06. The predicted octanol–water partition coefficient (Wildman–Crippen LogP) is 3.46. The van der Waals surface area contributed by atoms with Crippen molar-refractivity contribution >= 4 is 17.0 Å². The van der Waals surface area contributed by atoms with Gasteiger partial charge in [0.05, 0.1) is 10.7 Å². The van der Waals surface area contributed by atoms with Crippen LogP contribution < -0.4 is 5.32 Å². The van der Waals surface area contributed by atoms with Crippen LogP contribution in [0.25, 0.3) is 11.3 Å². The number of allylic oxidation sites excluding steroid dienone is 1. The van der Waals surface area contributed by atoms with Gasteiger partial charge in [0.15, 0.2) is 0 Å². The molecule has 92 valence electrons. The molecule has 19 heavy (non-hydrogen) atoms. The van der Waals surface area contributed by atoms with E-state index in [-0.39, 0.29) is 5.57 Å². The van der Waals surface area contributed by atoms with Crippen molar-refractivity contribution in [1.82, 2.24) is 4.98 Å². The molecule has 0 radical (unpaired) electrons. The lowest BCUT2D eigenvalue weighted by molar-refractivity contribution is 1.30. The number of aromatic nitrogens is 1. The number of nitrogens with one attached hydrogen (secondary N) is 1. The summed E-state index contributed by atoms with van der Waals surface area (Å²) in [5.41, 5.74) is 2.67. The second kappa shape index (κ2) is 5.81. The van der Waals surface area contributed by atoms with Gasteiger partial charge in [0.25, 0.3) is 0 Å². The minimum Gasteiger partial charge on any atom is -0.359 e. The maximum absolute atomic E-state index is 8.70. The Bertz CT molecular complexity index is 685. The van der Waals surface area contributed by atoms with E-state index in [1.54, 1.807) is 11.3 Å². The summed E-state index contributed by atoms with van der Waals surface area (Å²) in [6.45, 7) is 1.95. The molecule has 5 heteroatoms. The molecule has 0 atom stereocenters. The molecular formula is C14H10N4S. The highest BCUT2D eigenvalue weighted by atomic mass is 32.1. The van der Waals surface area contributed by atoms with Gasteiger partial charge in [-0.15, -0.1) is 11.3 Å². The topological polar surface area (TPSA) is 72.5 Å². The highest BCUT2D eigenvalue weighted by molar-refractivity contribution is 7.09. The molecule has 1 heterocycles. The van der Waals surface area contributed by atoms with Crippen molar-refractivity contribution in [2.45, 2.75) is 6.92 Å². The zero-order chi connectivity index (χ0) is 13.7. The van der Waals surface area contributed by atoms with E-state index in [2.05, 4.69) is 10.3 Å². The van der Waals surface area contributed by atoms with Gasteiger partial charge in [-0.2, -0.15) is 10.5 Å². The second-order valence-corrected chi connectivity index (χ2v) is 4.79. The smallest absolute Gasteiger partial charge is 0.145 e. The van der Waals surface area contributed by atoms with Crippen molar-refractivity contribution < 1.29 is 0 Å². The standard InChI is InChI=1S/C14H10N4S/c1-10-18-14(9-19-10)12-4-2-3-5-13(12)17-8-11(6-15)7-16/h2-5,8-9,17H,1H3. The lowest BCUT2D eigenvalue weighted by atomic mass is 10.1. The molecule has 0 aliphatic heterocycles. The first kappa shape index (κ1) is 12.8. The fourth-order valence-electron chi connectivity index (χ4n) is 1.56. The van der Waals surface area contributed by atoms with E-state index in [9.17, 15) is 0 Å². The highest BCUT2D eigenvalue weighted by Crippen LogP contribution is 2.28. The zero-order valence-electron chi connectivity index (χ0n) is 10.2. The van der Waals surface area contributed by atoms with Gasteiger partial charge in [-0.25, -0.2) is 4.98 Å². The Morgan fingerprint density at radius 2 is 2.05 bits per heavy atom. The summed E-state index contributed by atoms with van der Waals surface area (Å²) in [5, 5.41) is 23.4. The zero-order valence-corrected chi connectivity index (χ0v) is 11.0. The average molecular weight is 266 g/mol. The third-order valence-electron chi connectivity index (χ3n) is 2.43. The minimum atomic E-state index is 0.0317. The number of benzene rings is 1. The number of anilines is 1. The normalized spacial score (nSPS) is 9.21. The maximum Gasteiger partial charge on any atom is 0.145 e. The lowest BCUT2D eigenvalue weighted by Gasteiger charge is -2.06. The molecule has 2 rings (SSSR count). The van der Waals surface area contributed by atoms with E-state index in [0.29, 0.717) is 0 Å². The van der Waals surface area contributed by atoms with Crippen LogP contribution in [0.1, 0.15) is 5.01 Å². The summed E-state index contributed by atoms with van der Waals surface area (Å²) in [7, 11) is 0. The third kappa shape index (κ3) is 2.98. The molecule has 0 spiro atoms. The Kier molecular flexibility index (Phi) is 3.92. The molecule has 2 aromatic rings. The number of hydrogen-bond donors (Lipinski definition) is 1. The summed E-state index contributed by atoms with van der Waals surface area (Å²) < 4.78 is 0. The molecule has 4 nitrogen and oxygen atoms in total. The molecule has 0 aliphatic carbocycles. The van der Waals surface area contributed by atoms with Gasteiger partial charge in [-0.05, 0) is 13.0 Å². The predicted molar refractivity (Wildman–Crippen MR) is 75.2 cm³/mol. The summed E-state index contributed by atoms with van der Waals surface area (Å²) >= 11 is 1.58. The van der Waals surface area contributed by atoms with Crippen molar-refractivity contribution in [2.24, 2.45) is 0 Å². The maximum atomic E-state index is 8.70. The fraction of sp³-hybridized carbons (Fsp3) is 0.0714. The first-order valence-corrected chi connectivity index (χ1v) is 6.41. The van der Waals surface area contributed by atoms with Gasteiger partial charge in [-0.1, -0.05) is 18.2 Å². The summed E-state index contributed by atoms with van der Waals surface area (Å²) in [6, 6.07) is 11.3. The lowest BCUT2D eigenvalue weighted by Crippen LogP contribution is -1.93. The van der Waals surface area contributed by atoms with Gasteiger partial charge in [-0.3, -0.25) is 0 Å². The number of hydrogen-bond acceptors (Lipinski definition) is 5. The molecule has 0 saturated carbocycles. The Hall–Kier alpha value is -2.63. The Labute approximate surface area is 115 Å². The van der Waals surface area contributed by atoms with Crippen LogP contribution in [0.5, 0.6) is 0 Å².